The van der Waals surface area contributed by atoms with Crippen LogP contribution in [0.5, 0.6) is 0 Å². The predicted octanol–water partition coefficient (Wildman–Crippen LogP) is 5.36. The molecule has 0 aromatic carbocycles. The molecule has 4 nitrogen and oxygen atoms in total. The van der Waals surface area contributed by atoms with Crippen LogP contribution in [-0.4, -0.2) is 33.5 Å². The van der Waals surface area contributed by atoms with E-state index in [2.05, 4.69) is 20.8 Å². The molecule has 0 aromatic rings. The summed E-state index contributed by atoms with van der Waals surface area (Å²) in [5.74, 6) is 1.89. The maximum absolute atomic E-state index is 11.3. The zero-order valence-corrected chi connectivity index (χ0v) is 19.1. The van der Waals surface area contributed by atoms with Gasteiger partial charge in [0, 0.05) is 25.0 Å². The van der Waals surface area contributed by atoms with E-state index in [0.717, 1.165) is 44.9 Å². The summed E-state index contributed by atoms with van der Waals surface area (Å²) in [6.45, 7) is 6.96. The molecule has 0 heterocycles. The molecule has 175 valence electrons. The van der Waals surface area contributed by atoms with Crippen LogP contribution in [0.1, 0.15) is 93.4 Å². The summed E-state index contributed by atoms with van der Waals surface area (Å²) >= 11 is 0. The summed E-state index contributed by atoms with van der Waals surface area (Å²) in [6, 6.07) is 0. The van der Waals surface area contributed by atoms with Gasteiger partial charge in [0.15, 0.2) is 0 Å². The molecule has 5 heteroatoms. The van der Waals surface area contributed by atoms with Crippen LogP contribution >= 0.6 is 0 Å². The van der Waals surface area contributed by atoms with E-state index in [1.165, 1.54) is 6.42 Å². The SMILES string of the molecule is C.C.CC(CC(=O)O)[C@H]1CCC2[C@H]3C(CC[C@@]21C)[C@@]1(C)CCC(O)C[C@H]1C[C@@H]3O.[V]. The van der Waals surface area contributed by atoms with Crippen LogP contribution in [0.3, 0.4) is 0 Å². The van der Waals surface area contributed by atoms with Gasteiger partial charge in [0.2, 0.25) is 0 Å². The monoisotopic (exact) mass is 461 g/mol. The summed E-state index contributed by atoms with van der Waals surface area (Å²) in [6.07, 6.45) is 8.12. The van der Waals surface area contributed by atoms with Gasteiger partial charge in [0.1, 0.15) is 0 Å². The molecule has 0 aliphatic heterocycles. The Labute approximate surface area is 196 Å². The Morgan fingerprint density at radius 1 is 0.967 bits per heavy atom. The minimum absolute atomic E-state index is 0. The third kappa shape index (κ3) is 4.28. The Bertz CT molecular complexity index is 598. The van der Waals surface area contributed by atoms with Gasteiger partial charge in [-0.1, -0.05) is 35.6 Å². The molecule has 4 aliphatic rings. The van der Waals surface area contributed by atoms with Crippen LogP contribution in [0.4, 0.5) is 0 Å². The van der Waals surface area contributed by atoms with Gasteiger partial charge >= 0.3 is 5.97 Å². The fourth-order valence-corrected chi connectivity index (χ4v) is 8.59. The minimum Gasteiger partial charge on any atom is -0.481 e. The van der Waals surface area contributed by atoms with Crippen molar-refractivity contribution < 1.29 is 38.7 Å². The van der Waals surface area contributed by atoms with E-state index in [1.807, 2.05) is 0 Å². The summed E-state index contributed by atoms with van der Waals surface area (Å²) in [5.41, 5.74) is 0.434. The third-order valence-corrected chi connectivity index (χ3v) is 9.91. The van der Waals surface area contributed by atoms with Crippen LogP contribution in [0.2, 0.25) is 0 Å². The number of carbonyl (C=O) groups is 1. The Morgan fingerprint density at radius 3 is 2.20 bits per heavy atom. The second-order valence-electron chi connectivity index (χ2n) is 11.0. The van der Waals surface area contributed by atoms with Crippen molar-refractivity contribution in [3.05, 3.63) is 0 Å². The van der Waals surface area contributed by atoms with E-state index >= 15 is 0 Å². The number of carboxylic acids is 1. The fourth-order valence-electron chi connectivity index (χ4n) is 8.59. The number of hydrogen-bond donors (Lipinski definition) is 3. The van der Waals surface area contributed by atoms with Crippen molar-refractivity contribution in [3.63, 3.8) is 0 Å². The average Bonchev–Trinajstić information content (AvgIpc) is 2.93. The van der Waals surface area contributed by atoms with E-state index in [4.69, 9.17) is 0 Å². The first-order chi connectivity index (χ1) is 12.7. The van der Waals surface area contributed by atoms with Crippen molar-refractivity contribution in [2.75, 3.05) is 0 Å². The van der Waals surface area contributed by atoms with Crippen molar-refractivity contribution in [2.24, 2.45) is 46.3 Å². The number of aliphatic carboxylic acids is 1. The van der Waals surface area contributed by atoms with Crippen LogP contribution in [0.15, 0.2) is 0 Å². The number of aliphatic hydroxyl groups is 2. The fraction of sp³-hybridized carbons (Fsp3) is 0.960. The Balaban J connectivity index is 0.00000150. The Hall–Kier alpha value is -0.0256. The minimum atomic E-state index is -0.683. The normalized spacial score (nSPS) is 47.8. The standard InChI is InChI=1S/C23H38O4.2CH4.V/c1-13(10-20(26)27)16-4-5-17-21-18(7-9-23(16,17)3)22(2)8-6-15(24)11-14(22)12-19(21)25;;;/h13-19,21,24-25H,4-12H2,1-3H3,(H,26,27);2*1H4;/t13?,14-,15?,16+,17?,18?,19-,21-,22-,23+;;;/m0.../s1. The summed E-state index contributed by atoms with van der Waals surface area (Å²) < 4.78 is 0. The molecule has 0 bridgehead atoms. The number of fused-ring (bicyclic) bond motifs is 5. The van der Waals surface area contributed by atoms with Crippen molar-refractivity contribution in [1.29, 1.82) is 0 Å². The van der Waals surface area contributed by atoms with E-state index in [0.29, 0.717) is 29.6 Å². The molecular weight excluding hydrogens is 415 g/mol. The van der Waals surface area contributed by atoms with Crippen molar-refractivity contribution >= 4 is 5.97 Å². The molecule has 0 spiro atoms. The van der Waals surface area contributed by atoms with Gasteiger partial charge in [0.25, 0.3) is 0 Å². The van der Waals surface area contributed by atoms with Gasteiger partial charge in [-0.2, -0.15) is 0 Å². The molecule has 0 aromatic heterocycles. The first-order valence-electron chi connectivity index (χ1n) is 11.2. The zero-order chi connectivity index (χ0) is 19.6. The summed E-state index contributed by atoms with van der Waals surface area (Å²) in [5, 5.41) is 30.7. The van der Waals surface area contributed by atoms with Gasteiger partial charge in [-0.15, -0.1) is 0 Å². The maximum atomic E-state index is 11.3. The predicted molar refractivity (Wildman–Crippen MR) is 117 cm³/mol. The van der Waals surface area contributed by atoms with Crippen molar-refractivity contribution in [3.8, 4) is 0 Å². The Kier molecular flexibility index (Phi) is 9.20. The molecule has 3 N–H and O–H groups in total. The first kappa shape index (κ1) is 28.0. The van der Waals surface area contributed by atoms with Crippen LogP contribution in [-0.2, 0) is 23.4 Å². The van der Waals surface area contributed by atoms with Gasteiger partial charge in [0.05, 0.1) is 12.2 Å². The van der Waals surface area contributed by atoms with Gasteiger partial charge < -0.3 is 15.3 Å². The zero-order valence-electron chi connectivity index (χ0n) is 17.7. The topological polar surface area (TPSA) is 77.8 Å². The third-order valence-electron chi connectivity index (χ3n) is 9.91. The van der Waals surface area contributed by atoms with Gasteiger partial charge in [-0.05, 0) is 97.7 Å². The molecule has 4 rings (SSSR count). The van der Waals surface area contributed by atoms with E-state index in [9.17, 15) is 20.1 Å². The van der Waals surface area contributed by atoms with Gasteiger partial charge in [-0.25, -0.2) is 0 Å². The number of carboxylic acid groups (broad SMARTS) is 1. The molecule has 30 heavy (non-hydrogen) atoms. The maximum Gasteiger partial charge on any atom is 0.303 e. The van der Waals surface area contributed by atoms with E-state index in [-0.39, 0.29) is 68.8 Å². The quantitative estimate of drug-likeness (QED) is 0.529. The number of hydrogen-bond acceptors (Lipinski definition) is 3. The molecule has 1 radical (unpaired) electrons. The molecule has 4 aliphatic carbocycles. The Morgan fingerprint density at radius 2 is 1.57 bits per heavy atom. The van der Waals surface area contributed by atoms with E-state index in [1.54, 1.807) is 0 Å². The van der Waals surface area contributed by atoms with Crippen molar-refractivity contribution in [2.45, 2.75) is 106 Å². The number of aliphatic hydroxyl groups excluding tert-OH is 2. The molecule has 4 unspecified atom stereocenters. The largest absolute Gasteiger partial charge is 0.481 e. The summed E-state index contributed by atoms with van der Waals surface area (Å²) in [4.78, 5) is 11.3. The molecule has 4 saturated carbocycles. The van der Waals surface area contributed by atoms with Crippen LogP contribution in [0.25, 0.3) is 0 Å². The van der Waals surface area contributed by atoms with Crippen LogP contribution < -0.4 is 0 Å². The summed E-state index contributed by atoms with van der Waals surface area (Å²) in [7, 11) is 0. The smallest absolute Gasteiger partial charge is 0.303 e. The van der Waals surface area contributed by atoms with Gasteiger partial charge in [-0.3, -0.25) is 4.79 Å². The molecule has 0 amide bonds. The second-order valence-corrected chi connectivity index (χ2v) is 11.0. The van der Waals surface area contributed by atoms with Crippen LogP contribution in [0, 0.1) is 46.3 Å². The first-order valence-corrected chi connectivity index (χ1v) is 11.2. The average molecular weight is 462 g/mol. The van der Waals surface area contributed by atoms with E-state index < -0.39 is 5.97 Å². The second kappa shape index (κ2) is 9.85. The molecule has 0 saturated heterocycles. The molecule has 4 fully saturated rings. The number of rotatable bonds is 3. The molecule has 10 atom stereocenters. The van der Waals surface area contributed by atoms with Crippen molar-refractivity contribution in [1.82, 2.24) is 0 Å². The molecular formula is C25H46O4V.